The van der Waals surface area contributed by atoms with Crippen molar-refractivity contribution in [2.45, 2.75) is 0 Å². The molecule has 4 N–H and O–H groups in total. The first-order valence-corrected chi connectivity index (χ1v) is 6.66. The summed E-state index contributed by atoms with van der Waals surface area (Å²) in [6.07, 6.45) is 0. The number of rotatable bonds is 5. The number of nitrogens with one attached hydrogen (secondary N) is 2. The standard InChI is InChI=1S/C13H14Cl2N4O2/c1-20-7-3-4-10(11(5-7)21-2)17-12-8(14)6-9(15)13(18-12)19-16/h3-6H,16H2,1-2H3,(H2,17,18,19). The number of hydrazine groups is 1. The van der Waals surface area contributed by atoms with Gasteiger partial charge in [-0.05, 0) is 18.2 Å². The summed E-state index contributed by atoms with van der Waals surface area (Å²) in [5.74, 6) is 7.33. The molecule has 1 aromatic heterocycles. The van der Waals surface area contributed by atoms with Crippen molar-refractivity contribution in [1.29, 1.82) is 0 Å². The average molecular weight is 329 g/mol. The number of nitrogens with zero attached hydrogens (tertiary/aromatic N) is 1. The molecule has 6 nitrogen and oxygen atoms in total. The number of hydrogen-bond acceptors (Lipinski definition) is 6. The molecule has 0 amide bonds. The number of hydrogen-bond donors (Lipinski definition) is 3. The molecule has 0 atom stereocenters. The minimum Gasteiger partial charge on any atom is -0.497 e. The zero-order chi connectivity index (χ0) is 15.4. The van der Waals surface area contributed by atoms with Gasteiger partial charge in [0.25, 0.3) is 0 Å². The maximum absolute atomic E-state index is 6.12. The predicted molar refractivity (Wildman–Crippen MR) is 84.9 cm³/mol. The number of benzene rings is 1. The van der Waals surface area contributed by atoms with Crippen LogP contribution in [0.5, 0.6) is 11.5 Å². The first-order chi connectivity index (χ1) is 10.1. The maximum atomic E-state index is 6.12. The third-order valence-corrected chi connectivity index (χ3v) is 3.30. The predicted octanol–water partition coefficient (Wildman–Crippen LogP) is 3.43. The van der Waals surface area contributed by atoms with Crippen LogP contribution in [0.15, 0.2) is 24.3 Å². The molecular formula is C13H14Cl2N4O2. The third-order valence-electron chi connectivity index (χ3n) is 2.73. The molecule has 2 aromatic rings. The molecule has 0 spiro atoms. The number of halogens is 2. The summed E-state index contributed by atoms with van der Waals surface area (Å²) in [6.45, 7) is 0. The highest BCUT2D eigenvalue weighted by atomic mass is 35.5. The highest BCUT2D eigenvalue weighted by Gasteiger charge is 2.11. The Morgan fingerprint density at radius 3 is 2.38 bits per heavy atom. The van der Waals surface area contributed by atoms with Crippen molar-refractivity contribution < 1.29 is 9.47 Å². The average Bonchev–Trinajstić information content (AvgIpc) is 2.50. The molecule has 0 aliphatic rings. The number of ether oxygens (including phenoxy) is 2. The van der Waals surface area contributed by atoms with Gasteiger partial charge in [-0.3, -0.25) is 0 Å². The minimum atomic E-state index is 0.316. The summed E-state index contributed by atoms with van der Waals surface area (Å²) in [7, 11) is 3.14. The SMILES string of the molecule is COc1ccc(Nc2nc(NN)c(Cl)cc2Cl)c(OC)c1. The van der Waals surface area contributed by atoms with Gasteiger partial charge in [0, 0.05) is 6.07 Å². The molecule has 0 radical (unpaired) electrons. The summed E-state index contributed by atoms with van der Waals surface area (Å²) in [4.78, 5) is 4.21. The lowest BCUT2D eigenvalue weighted by Gasteiger charge is -2.14. The van der Waals surface area contributed by atoms with Gasteiger partial charge in [0.1, 0.15) is 11.5 Å². The Hall–Kier alpha value is -1.89. The fraction of sp³-hybridized carbons (Fsp3) is 0.154. The Morgan fingerprint density at radius 1 is 1.05 bits per heavy atom. The van der Waals surface area contributed by atoms with Crippen molar-refractivity contribution in [3.8, 4) is 11.5 Å². The van der Waals surface area contributed by atoms with Gasteiger partial charge in [0.05, 0.1) is 30.0 Å². The van der Waals surface area contributed by atoms with Gasteiger partial charge in [0.2, 0.25) is 0 Å². The molecule has 0 bridgehead atoms. The van der Waals surface area contributed by atoms with Crippen molar-refractivity contribution in [2.75, 3.05) is 25.0 Å². The van der Waals surface area contributed by atoms with Crippen LogP contribution in [0.1, 0.15) is 0 Å². The van der Waals surface area contributed by atoms with Crippen molar-refractivity contribution in [2.24, 2.45) is 5.84 Å². The summed E-state index contributed by atoms with van der Waals surface area (Å²) < 4.78 is 10.4. The van der Waals surface area contributed by atoms with Crippen LogP contribution in [-0.2, 0) is 0 Å². The zero-order valence-corrected chi connectivity index (χ0v) is 12.9. The van der Waals surface area contributed by atoms with Gasteiger partial charge in [-0.1, -0.05) is 23.2 Å². The minimum absolute atomic E-state index is 0.316. The smallest absolute Gasteiger partial charge is 0.161 e. The highest BCUT2D eigenvalue weighted by Crippen LogP contribution is 2.35. The van der Waals surface area contributed by atoms with E-state index in [1.54, 1.807) is 38.5 Å². The lowest BCUT2D eigenvalue weighted by Crippen LogP contribution is -2.10. The first-order valence-electron chi connectivity index (χ1n) is 5.90. The van der Waals surface area contributed by atoms with E-state index in [0.717, 1.165) is 0 Å². The van der Waals surface area contributed by atoms with E-state index in [0.29, 0.717) is 38.9 Å². The Bertz CT molecular complexity index is 652. The molecule has 0 saturated carbocycles. The van der Waals surface area contributed by atoms with E-state index < -0.39 is 0 Å². The molecule has 112 valence electrons. The van der Waals surface area contributed by atoms with Crippen LogP contribution in [0.2, 0.25) is 10.0 Å². The van der Waals surface area contributed by atoms with Crippen LogP contribution >= 0.6 is 23.2 Å². The van der Waals surface area contributed by atoms with E-state index in [1.807, 2.05) is 0 Å². The topological polar surface area (TPSA) is 81.4 Å². The summed E-state index contributed by atoms with van der Waals surface area (Å²) in [5, 5.41) is 3.75. The normalized spacial score (nSPS) is 10.1. The second-order valence-electron chi connectivity index (χ2n) is 3.98. The summed E-state index contributed by atoms with van der Waals surface area (Å²) >= 11 is 12.1. The van der Waals surface area contributed by atoms with E-state index in [1.165, 1.54) is 0 Å². The number of methoxy groups -OCH3 is 2. The Labute approximate surface area is 132 Å². The molecule has 0 fully saturated rings. The lowest BCUT2D eigenvalue weighted by atomic mass is 10.2. The van der Waals surface area contributed by atoms with Gasteiger partial charge in [-0.15, -0.1) is 0 Å². The molecular weight excluding hydrogens is 315 g/mol. The number of anilines is 3. The van der Waals surface area contributed by atoms with Crippen LogP contribution in [0.4, 0.5) is 17.3 Å². The monoisotopic (exact) mass is 328 g/mol. The van der Waals surface area contributed by atoms with Gasteiger partial charge in [0.15, 0.2) is 11.6 Å². The number of pyridine rings is 1. The van der Waals surface area contributed by atoms with Gasteiger partial charge < -0.3 is 20.2 Å². The Kier molecular flexibility index (Phi) is 4.95. The Balaban J connectivity index is 2.38. The fourth-order valence-corrected chi connectivity index (χ4v) is 2.15. The molecule has 2 rings (SSSR count). The molecule has 0 aliphatic heterocycles. The van der Waals surface area contributed by atoms with Crippen LogP contribution in [0.25, 0.3) is 0 Å². The largest absolute Gasteiger partial charge is 0.497 e. The number of aromatic nitrogens is 1. The number of nitrogen functional groups attached to an aromatic ring is 1. The quantitative estimate of drug-likeness (QED) is 0.576. The molecule has 8 heteroatoms. The molecule has 21 heavy (non-hydrogen) atoms. The maximum Gasteiger partial charge on any atom is 0.161 e. The third kappa shape index (κ3) is 3.41. The second-order valence-corrected chi connectivity index (χ2v) is 4.80. The van der Waals surface area contributed by atoms with Crippen LogP contribution < -0.4 is 26.1 Å². The first kappa shape index (κ1) is 15.5. The molecule has 0 saturated heterocycles. The second kappa shape index (κ2) is 6.71. The molecule has 0 unspecified atom stereocenters. The van der Waals surface area contributed by atoms with E-state index >= 15 is 0 Å². The molecule has 1 aromatic carbocycles. The summed E-state index contributed by atoms with van der Waals surface area (Å²) in [6, 6.07) is 6.87. The molecule has 0 aliphatic carbocycles. The molecule has 1 heterocycles. The van der Waals surface area contributed by atoms with E-state index in [2.05, 4.69) is 15.7 Å². The van der Waals surface area contributed by atoms with Gasteiger partial charge >= 0.3 is 0 Å². The van der Waals surface area contributed by atoms with Crippen molar-refractivity contribution in [1.82, 2.24) is 4.98 Å². The van der Waals surface area contributed by atoms with E-state index in [4.69, 9.17) is 38.5 Å². The fourth-order valence-electron chi connectivity index (χ4n) is 1.68. The highest BCUT2D eigenvalue weighted by molar-refractivity contribution is 6.37. The van der Waals surface area contributed by atoms with Crippen LogP contribution in [-0.4, -0.2) is 19.2 Å². The van der Waals surface area contributed by atoms with Crippen molar-refractivity contribution in [3.63, 3.8) is 0 Å². The zero-order valence-electron chi connectivity index (χ0n) is 11.4. The summed E-state index contributed by atoms with van der Waals surface area (Å²) in [5.41, 5.74) is 3.08. The van der Waals surface area contributed by atoms with Gasteiger partial charge in [-0.25, -0.2) is 10.8 Å². The Morgan fingerprint density at radius 2 is 1.76 bits per heavy atom. The van der Waals surface area contributed by atoms with Crippen LogP contribution in [0.3, 0.4) is 0 Å². The number of nitrogens with two attached hydrogens (primary N) is 1. The van der Waals surface area contributed by atoms with Crippen LogP contribution in [0, 0.1) is 0 Å². The van der Waals surface area contributed by atoms with E-state index in [-0.39, 0.29) is 0 Å². The van der Waals surface area contributed by atoms with Crippen molar-refractivity contribution >= 4 is 40.5 Å². The van der Waals surface area contributed by atoms with Crippen molar-refractivity contribution in [3.05, 3.63) is 34.3 Å². The lowest BCUT2D eigenvalue weighted by molar-refractivity contribution is 0.395. The van der Waals surface area contributed by atoms with E-state index in [9.17, 15) is 0 Å². The van der Waals surface area contributed by atoms with Gasteiger partial charge in [-0.2, -0.15) is 0 Å².